The number of aryl methyl sites for hydroxylation is 1. The summed E-state index contributed by atoms with van der Waals surface area (Å²) in [6.07, 6.45) is 6.24. The van der Waals surface area contributed by atoms with Crippen LogP contribution in [0.4, 0.5) is 0 Å². The van der Waals surface area contributed by atoms with Crippen molar-refractivity contribution in [3.05, 3.63) is 83.7 Å². The van der Waals surface area contributed by atoms with Gasteiger partial charge >= 0.3 is 0 Å². The predicted molar refractivity (Wildman–Crippen MR) is 83.7 cm³/mol. The molecule has 3 aromatic rings. The standard InChI is InChI=1S/C18H16N2/c1-15-13-14-20(19-15)18-10-6-5-9-17(18)12-11-16-7-3-2-4-8-16/h2-14H,1H3/b12-11+. The molecule has 2 aromatic carbocycles. The molecule has 0 saturated heterocycles. The highest BCUT2D eigenvalue weighted by Crippen LogP contribution is 2.17. The average Bonchev–Trinajstić information content (AvgIpc) is 2.93. The van der Waals surface area contributed by atoms with Gasteiger partial charge in [-0.05, 0) is 24.6 Å². The van der Waals surface area contributed by atoms with E-state index in [4.69, 9.17) is 0 Å². The molecular formula is C18H16N2. The molecule has 1 heterocycles. The van der Waals surface area contributed by atoms with E-state index in [1.54, 1.807) is 0 Å². The van der Waals surface area contributed by atoms with Crippen molar-refractivity contribution in [3.63, 3.8) is 0 Å². The largest absolute Gasteiger partial charge is 0.240 e. The Hall–Kier alpha value is -2.61. The van der Waals surface area contributed by atoms with Crippen LogP contribution in [0.25, 0.3) is 17.8 Å². The first kappa shape index (κ1) is 12.4. The molecule has 0 aliphatic heterocycles. The lowest BCUT2D eigenvalue weighted by Crippen LogP contribution is -1.97. The smallest absolute Gasteiger partial charge is 0.0717 e. The minimum Gasteiger partial charge on any atom is -0.240 e. The summed E-state index contributed by atoms with van der Waals surface area (Å²) in [6.45, 7) is 2.00. The molecule has 0 atom stereocenters. The van der Waals surface area contributed by atoms with E-state index >= 15 is 0 Å². The fourth-order valence-corrected chi connectivity index (χ4v) is 2.14. The third-order valence-electron chi connectivity index (χ3n) is 3.16. The highest BCUT2D eigenvalue weighted by atomic mass is 15.3. The Morgan fingerprint density at radius 3 is 2.35 bits per heavy atom. The SMILES string of the molecule is Cc1ccn(-c2ccccc2/C=C/c2ccccc2)n1. The van der Waals surface area contributed by atoms with E-state index < -0.39 is 0 Å². The zero-order chi connectivity index (χ0) is 13.8. The van der Waals surface area contributed by atoms with Crippen molar-refractivity contribution < 1.29 is 0 Å². The summed E-state index contributed by atoms with van der Waals surface area (Å²) in [5, 5.41) is 4.48. The fourth-order valence-electron chi connectivity index (χ4n) is 2.14. The third-order valence-corrected chi connectivity index (χ3v) is 3.16. The lowest BCUT2D eigenvalue weighted by Gasteiger charge is -2.05. The summed E-state index contributed by atoms with van der Waals surface area (Å²) in [5.74, 6) is 0. The van der Waals surface area contributed by atoms with Crippen LogP contribution in [0.1, 0.15) is 16.8 Å². The second-order valence-electron chi connectivity index (χ2n) is 4.70. The Bertz CT molecular complexity index is 724. The second-order valence-corrected chi connectivity index (χ2v) is 4.70. The van der Waals surface area contributed by atoms with Gasteiger partial charge in [-0.15, -0.1) is 0 Å². The predicted octanol–water partition coefficient (Wildman–Crippen LogP) is 4.35. The second kappa shape index (κ2) is 5.57. The van der Waals surface area contributed by atoms with E-state index in [1.807, 2.05) is 54.2 Å². The highest BCUT2D eigenvalue weighted by Gasteiger charge is 2.02. The monoisotopic (exact) mass is 260 g/mol. The molecule has 0 N–H and O–H groups in total. The summed E-state index contributed by atoms with van der Waals surface area (Å²) < 4.78 is 1.92. The zero-order valence-corrected chi connectivity index (χ0v) is 11.4. The number of hydrogen-bond acceptors (Lipinski definition) is 1. The molecule has 0 bridgehead atoms. The summed E-state index contributed by atoms with van der Waals surface area (Å²) in [4.78, 5) is 0. The third kappa shape index (κ3) is 2.69. The van der Waals surface area contributed by atoms with E-state index in [0.717, 1.165) is 16.9 Å². The molecule has 0 aliphatic rings. The number of benzene rings is 2. The highest BCUT2D eigenvalue weighted by molar-refractivity contribution is 5.73. The topological polar surface area (TPSA) is 17.8 Å². The van der Waals surface area contributed by atoms with Crippen LogP contribution in [0.3, 0.4) is 0 Å². The lowest BCUT2D eigenvalue weighted by atomic mass is 10.1. The maximum absolute atomic E-state index is 4.48. The molecule has 98 valence electrons. The molecule has 2 heteroatoms. The fraction of sp³-hybridized carbons (Fsp3) is 0.0556. The van der Waals surface area contributed by atoms with Gasteiger partial charge in [0.25, 0.3) is 0 Å². The quantitative estimate of drug-likeness (QED) is 0.640. The number of rotatable bonds is 3. The molecule has 0 amide bonds. The van der Waals surface area contributed by atoms with E-state index in [2.05, 4.69) is 41.5 Å². The average molecular weight is 260 g/mol. The molecule has 0 saturated carbocycles. The van der Waals surface area contributed by atoms with Gasteiger partial charge in [0.15, 0.2) is 0 Å². The van der Waals surface area contributed by atoms with Crippen molar-refractivity contribution in [2.24, 2.45) is 0 Å². The Morgan fingerprint density at radius 2 is 1.60 bits per heavy atom. The maximum Gasteiger partial charge on any atom is 0.0717 e. The lowest BCUT2D eigenvalue weighted by molar-refractivity contribution is 0.861. The van der Waals surface area contributed by atoms with Gasteiger partial charge in [0.1, 0.15) is 0 Å². The van der Waals surface area contributed by atoms with Gasteiger partial charge in [0.05, 0.1) is 11.4 Å². The van der Waals surface area contributed by atoms with Gasteiger partial charge in [0.2, 0.25) is 0 Å². The number of hydrogen-bond donors (Lipinski definition) is 0. The van der Waals surface area contributed by atoms with Crippen molar-refractivity contribution in [2.45, 2.75) is 6.92 Å². The van der Waals surface area contributed by atoms with Crippen LogP contribution < -0.4 is 0 Å². The molecule has 20 heavy (non-hydrogen) atoms. The summed E-state index contributed by atoms with van der Waals surface area (Å²) in [5.41, 5.74) is 4.46. The Morgan fingerprint density at radius 1 is 0.850 bits per heavy atom. The first-order chi connectivity index (χ1) is 9.83. The first-order valence-electron chi connectivity index (χ1n) is 6.68. The maximum atomic E-state index is 4.48. The minimum atomic E-state index is 1.02. The van der Waals surface area contributed by atoms with Gasteiger partial charge in [-0.25, -0.2) is 4.68 Å². The Labute approximate surface area is 119 Å². The molecule has 2 nitrogen and oxygen atoms in total. The van der Waals surface area contributed by atoms with Crippen LogP contribution in [-0.2, 0) is 0 Å². The van der Waals surface area contributed by atoms with Gasteiger partial charge in [-0.1, -0.05) is 60.7 Å². The number of nitrogens with zero attached hydrogens (tertiary/aromatic N) is 2. The van der Waals surface area contributed by atoms with E-state index in [1.165, 1.54) is 5.56 Å². The number of para-hydroxylation sites is 1. The van der Waals surface area contributed by atoms with Gasteiger partial charge in [-0.3, -0.25) is 0 Å². The van der Waals surface area contributed by atoms with Crippen molar-refractivity contribution >= 4 is 12.2 Å². The van der Waals surface area contributed by atoms with E-state index in [0.29, 0.717) is 0 Å². The summed E-state index contributed by atoms with van der Waals surface area (Å²) in [6, 6.07) is 20.6. The van der Waals surface area contributed by atoms with Crippen LogP contribution >= 0.6 is 0 Å². The van der Waals surface area contributed by atoms with Crippen LogP contribution in [0, 0.1) is 6.92 Å². The van der Waals surface area contributed by atoms with Crippen LogP contribution in [0.2, 0.25) is 0 Å². The Balaban J connectivity index is 1.96. The summed E-state index contributed by atoms with van der Waals surface area (Å²) in [7, 11) is 0. The van der Waals surface area contributed by atoms with Gasteiger partial charge in [-0.2, -0.15) is 5.10 Å². The molecule has 1 aromatic heterocycles. The van der Waals surface area contributed by atoms with Gasteiger partial charge < -0.3 is 0 Å². The van der Waals surface area contributed by atoms with Crippen molar-refractivity contribution in [2.75, 3.05) is 0 Å². The minimum absolute atomic E-state index is 1.02. The van der Waals surface area contributed by atoms with Crippen molar-refractivity contribution in [1.29, 1.82) is 0 Å². The molecular weight excluding hydrogens is 244 g/mol. The first-order valence-corrected chi connectivity index (χ1v) is 6.68. The van der Waals surface area contributed by atoms with E-state index in [9.17, 15) is 0 Å². The molecule has 0 spiro atoms. The molecule has 3 rings (SSSR count). The van der Waals surface area contributed by atoms with Crippen molar-refractivity contribution in [3.8, 4) is 5.69 Å². The van der Waals surface area contributed by atoms with Gasteiger partial charge in [0, 0.05) is 11.8 Å². The van der Waals surface area contributed by atoms with Crippen LogP contribution in [-0.4, -0.2) is 9.78 Å². The molecule has 0 fully saturated rings. The summed E-state index contributed by atoms with van der Waals surface area (Å²) >= 11 is 0. The van der Waals surface area contributed by atoms with Crippen LogP contribution in [0.15, 0.2) is 66.9 Å². The Kier molecular flexibility index (Phi) is 3.46. The molecule has 0 unspecified atom stereocenters. The molecule has 0 aliphatic carbocycles. The van der Waals surface area contributed by atoms with E-state index in [-0.39, 0.29) is 0 Å². The number of aromatic nitrogens is 2. The molecule has 0 radical (unpaired) electrons. The normalized spacial score (nSPS) is 11.1. The van der Waals surface area contributed by atoms with Crippen molar-refractivity contribution in [1.82, 2.24) is 9.78 Å². The van der Waals surface area contributed by atoms with Crippen LogP contribution in [0.5, 0.6) is 0 Å². The zero-order valence-electron chi connectivity index (χ0n) is 11.4.